The van der Waals surface area contributed by atoms with Gasteiger partial charge in [0, 0.05) is 32.2 Å². The van der Waals surface area contributed by atoms with Gasteiger partial charge in [0.1, 0.15) is 0 Å². The number of alkyl halides is 3. The van der Waals surface area contributed by atoms with Crippen LogP contribution in [0.2, 0.25) is 0 Å². The van der Waals surface area contributed by atoms with Gasteiger partial charge in [0.2, 0.25) is 0 Å². The molecule has 19 heavy (non-hydrogen) atoms. The first-order valence-electron chi connectivity index (χ1n) is 6.37. The number of aliphatic carboxylic acids is 1. The van der Waals surface area contributed by atoms with E-state index in [1.807, 2.05) is 0 Å². The first-order valence-corrected chi connectivity index (χ1v) is 6.37. The third kappa shape index (κ3) is 6.22. The monoisotopic (exact) mass is 283 g/mol. The number of nitrogens with zero attached hydrogens (tertiary/aromatic N) is 1. The first-order chi connectivity index (χ1) is 8.91. The van der Waals surface area contributed by atoms with Crippen molar-refractivity contribution in [1.29, 1.82) is 0 Å². The van der Waals surface area contributed by atoms with Gasteiger partial charge in [0.05, 0.1) is 0 Å². The summed E-state index contributed by atoms with van der Waals surface area (Å²) < 4.78 is 31.7. The smallest absolute Gasteiger partial charge is 0.475 e. The van der Waals surface area contributed by atoms with E-state index in [9.17, 15) is 13.2 Å². The number of carboxylic acid groups (broad SMARTS) is 1. The predicted octanol–water partition coefficient (Wildman–Crippen LogP) is 0.277. The Hall–Kier alpha value is -0.860. The Bertz CT molecular complexity index is 259. The van der Waals surface area contributed by atoms with Gasteiger partial charge in [0.15, 0.2) is 0 Å². The van der Waals surface area contributed by atoms with E-state index in [0.29, 0.717) is 0 Å². The molecule has 0 amide bonds. The summed E-state index contributed by atoms with van der Waals surface area (Å²) >= 11 is 0. The average Bonchev–Trinajstić information content (AvgIpc) is 2.40. The Morgan fingerprint density at radius 3 is 1.89 bits per heavy atom. The van der Waals surface area contributed by atoms with Crippen LogP contribution in [0, 0.1) is 0 Å². The molecule has 2 aliphatic rings. The summed E-state index contributed by atoms with van der Waals surface area (Å²) in [4.78, 5) is 11.5. The van der Waals surface area contributed by atoms with Crippen LogP contribution in [0.1, 0.15) is 12.8 Å². The highest BCUT2D eigenvalue weighted by molar-refractivity contribution is 5.73. The first kappa shape index (κ1) is 16.2. The Balaban J connectivity index is 0.000000224. The molecule has 2 saturated heterocycles. The summed E-state index contributed by atoms with van der Waals surface area (Å²) in [6.07, 6.45) is -2.39. The highest BCUT2D eigenvalue weighted by Gasteiger charge is 2.38. The van der Waals surface area contributed by atoms with E-state index in [2.05, 4.69) is 15.5 Å². The second-order valence-corrected chi connectivity index (χ2v) is 4.57. The lowest BCUT2D eigenvalue weighted by Crippen LogP contribution is -2.51. The summed E-state index contributed by atoms with van der Waals surface area (Å²) in [6.45, 7) is 7.31. The topological polar surface area (TPSA) is 64.6 Å². The van der Waals surface area contributed by atoms with Crippen molar-refractivity contribution in [1.82, 2.24) is 15.5 Å². The van der Waals surface area contributed by atoms with Crippen molar-refractivity contribution in [2.45, 2.75) is 25.1 Å². The van der Waals surface area contributed by atoms with Gasteiger partial charge >= 0.3 is 12.1 Å². The quantitative estimate of drug-likeness (QED) is 0.645. The molecule has 112 valence electrons. The number of halogens is 3. The molecule has 0 atom stereocenters. The van der Waals surface area contributed by atoms with E-state index in [4.69, 9.17) is 9.90 Å². The molecule has 0 aromatic rings. The molecule has 0 aliphatic carbocycles. The van der Waals surface area contributed by atoms with Crippen LogP contribution in [-0.2, 0) is 4.79 Å². The molecule has 8 heteroatoms. The molecule has 2 fully saturated rings. The van der Waals surface area contributed by atoms with Gasteiger partial charge in [-0.3, -0.25) is 4.90 Å². The van der Waals surface area contributed by atoms with Crippen molar-refractivity contribution in [2.75, 3.05) is 39.3 Å². The van der Waals surface area contributed by atoms with Crippen molar-refractivity contribution >= 4 is 5.97 Å². The molecule has 2 rings (SSSR count). The number of carbonyl (C=O) groups is 1. The van der Waals surface area contributed by atoms with E-state index in [0.717, 1.165) is 6.04 Å². The molecular formula is C11H20F3N3O2. The van der Waals surface area contributed by atoms with E-state index < -0.39 is 12.1 Å². The molecule has 2 aliphatic heterocycles. The SMILES string of the molecule is C1CC(N2CCNCC2)CCN1.O=C(O)C(F)(F)F. The largest absolute Gasteiger partial charge is 0.490 e. The van der Waals surface area contributed by atoms with Crippen molar-refractivity contribution in [3.8, 4) is 0 Å². The number of hydrogen-bond acceptors (Lipinski definition) is 4. The normalized spacial score (nSPS) is 22.5. The van der Waals surface area contributed by atoms with Crippen LogP contribution in [-0.4, -0.2) is 67.5 Å². The molecule has 0 unspecified atom stereocenters. The standard InChI is InChI=1S/C9H19N3.C2HF3O2/c1-3-10-4-2-9(1)12-7-5-11-6-8-12;3-2(4,5)1(6)7/h9-11H,1-8H2;(H,6,7). The number of carboxylic acids is 1. The summed E-state index contributed by atoms with van der Waals surface area (Å²) in [7, 11) is 0. The second kappa shape index (κ2) is 7.66. The zero-order valence-electron chi connectivity index (χ0n) is 10.7. The molecule has 5 nitrogen and oxygen atoms in total. The maximum absolute atomic E-state index is 10.6. The molecule has 0 spiro atoms. The molecular weight excluding hydrogens is 263 g/mol. The number of hydrogen-bond donors (Lipinski definition) is 3. The van der Waals surface area contributed by atoms with Crippen molar-refractivity contribution in [3.63, 3.8) is 0 Å². The molecule has 3 N–H and O–H groups in total. The maximum Gasteiger partial charge on any atom is 0.490 e. The van der Waals surface area contributed by atoms with Crippen LogP contribution in [0.15, 0.2) is 0 Å². The van der Waals surface area contributed by atoms with Gasteiger partial charge in [-0.25, -0.2) is 4.79 Å². The Morgan fingerprint density at radius 1 is 1.05 bits per heavy atom. The molecule has 0 aromatic carbocycles. The van der Waals surface area contributed by atoms with Gasteiger partial charge in [-0.05, 0) is 25.9 Å². The van der Waals surface area contributed by atoms with Gasteiger partial charge in [-0.2, -0.15) is 13.2 Å². The predicted molar refractivity (Wildman–Crippen MR) is 64.0 cm³/mol. The number of piperazine rings is 1. The minimum Gasteiger partial charge on any atom is -0.475 e. The van der Waals surface area contributed by atoms with Gasteiger partial charge in [0.25, 0.3) is 0 Å². The molecule has 0 radical (unpaired) electrons. The fourth-order valence-corrected chi connectivity index (χ4v) is 2.22. The van der Waals surface area contributed by atoms with Crippen molar-refractivity contribution in [3.05, 3.63) is 0 Å². The Labute approximate surface area is 110 Å². The number of piperidine rings is 1. The van der Waals surface area contributed by atoms with Gasteiger partial charge in [-0.15, -0.1) is 0 Å². The molecule has 0 bridgehead atoms. The summed E-state index contributed by atoms with van der Waals surface area (Å²) in [5, 5.41) is 13.9. The van der Waals surface area contributed by atoms with Crippen LogP contribution in [0.25, 0.3) is 0 Å². The minimum absolute atomic E-state index is 0.869. The molecule has 0 aromatic heterocycles. The van der Waals surface area contributed by atoms with E-state index in [1.54, 1.807) is 0 Å². The highest BCUT2D eigenvalue weighted by atomic mass is 19.4. The fraction of sp³-hybridized carbons (Fsp3) is 0.909. The van der Waals surface area contributed by atoms with Crippen molar-refractivity contribution < 1.29 is 23.1 Å². The Kier molecular flexibility index (Phi) is 6.53. The van der Waals surface area contributed by atoms with Crippen LogP contribution < -0.4 is 10.6 Å². The lowest BCUT2D eigenvalue weighted by molar-refractivity contribution is -0.192. The zero-order chi connectivity index (χ0) is 14.3. The number of rotatable bonds is 1. The Morgan fingerprint density at radius 2 is 1.47 bits per heavy atom. The molecule has 2 heterocycles. The van der Waals surface area contributed by atoms with Crippen LogP contribution in [0.5, 0.6) is 0 Å². The van der Waals surface area contributed by atoms with E-state index in [-0.39, 0.29) is 0 Å². The number of nitrogens with one attached hydrogen (secondary N) is 2. The third-order valence-corrected chi connectivity index (χ3v) is 3.22. The summed E-state index contributed by atoms with van der Waals surface area (Å²) in [5.74, 6) is -2.76. The van der Waals surface area contributed by atoms with Gasteiger partial charge in [-0.1, -0.05) is 0 Å². The minimum atomic E-state index is -5.08. The van der Waals surface area contributed by atoms with Gasteiger partial charge < -0.3 is 15.7 Å². The summed E-state index contributed by atoms with van der Waals surface area (Å²) in [5.41, 5.74) is 0. The van der Waals surface area contributed by atoms with Crippen LogP contribution in [0.3, 0.4) is 0 Å². The van der Waals surface area contributed by atoms with Crippen molar-refractivity contribution in [2.24, 2.45) is 0 Å². The van der Waals surface area contributed by atoms with E-state index >= 15 is 0 Å². The van der Waals surface area contributed by atoms with E-state index in [1.165, 1.54) is 52.1 Å². The average molecular weight is 283 g/mol. The second-order valence-electron chi connectivity index (χ2n) is 4.57. The highest BCUT2D eigenvalue weighted by Crippen LogP contribution is 2.13. The summed E-state index contributed by atoms with van der Waals surface area (Å²) in [6, 6.07) is 0.869. The fourth-order valence-electron chi connectivity index (χ4n) is 2.22. The van der Waals surface area contributed by atoms with Crippen LogP contribution >= 0.6 is 0 Å². The van der Waals surface area contributed by atoms with Crippen LogP contribution in [0.4, 0.5) is 13.2 Å². The zero-order valence-corrected chi connectivity index (χ0v) is 10.7. The lowest BCUT2D eigenvalue weighted by atomic mass is 10.0. The molecule has 0 saturated carbocycles. The maximum atomic E-state index is 10.6. The lowest BCUT2D eigenvalue weighted by Gasteiger charge is -2.37. The third-order valence-electron chi connectivity index (χ3n) is 3.22.